The van der Waals surface area contributed by atoms with Gasteiger partial charge in [-0.3, -0.25) is 0 Å². The van der Waals surface area contributed by atoms with Crippen molar-refractivity contribution in [1.29, 1.82) is 0 Å². The molecule has 6 heteroatoms. The van der Waals surface area contributed by atoms with Gasteiger partial charge in [-0.1, -0.05) is 35.4 Å². The number of hydrogen-bond acceptors (Lipinski definition) is 3. The molecule has 27 heavy (non-hydrogen) atoms. The van der Waals surface area contributed by atoms with E-state index in [0.29, 0.717) is 26.2 Å². The number of nitrogens with one attached hydrogen (secondary N) is 1. The zero-order chi connectivity index (χ0) is 19.2. The number of amides is 2. The number of carbonyl (C=O) groups is 1. The van der Waals surface area contributed by atoms with Crippen LogP contribution < -0.4 is 15.0 Å². The van der Waals surface area contributed by atoms with Crippen molar-refractivity contribution in [2.75, 3.05) is 44.2 Å². The van der Waals surface area contributed by atoms with E-state index in [1.54, 1.807) is 0 Å². The largest absolute Gasteiger partial charge is 0.491 e. The van der Waals surface area contributed by atoms with E-state index in [4.69, 9.17) is 16.3 Å². The van der Waals surface area contributed by atoms with Crippen LogP contribution in [0.3, 0.4) is 0 Å². The van der Waals surface area contributed by atoms with Gasteiger partial charge in [0, 0.05) is 36.9 Å². The quantitative estimate of drug-likeness (QED) is 0.792. The Bertz CT molecular complexity index is 789. The van der Waals surface area contributed by atoms with Crippen LogP contribution in [0.1, 0.15) is 11.1 Å². The summed E-state index contributed by atoms with van der Waals surface area (Å²) in [5, 5.41) is 3.67. The Labute approximate surface area is 165 Å². The molecule has 3 rings (SSSR count). The number of rotatable bonds is 5. The van der Waals surface area contributed by atoms with Gasteiger partial charge in [-0.2, -0.15) is 0 Å². The molecule has 2 aromatic carbocycles. The minimum Gasteiger partial charge on any atom is -0.491 e. The van der Waals surface area contributed by atoms with E-state index in [9.17, 15) is 4.79 Å². The van der Waals surface area contributed by atoms with Crippen LogP contribution in [-0.4, -0.2) is 50.3 Å². The summed E-state index contributed by atoms with van der Waals surface area (Å²) in [6.45, 7) is 8.01. The van der Waals surface area contributed by atoms with Crippen LogP contribution in [0, 0.1) is 13.8 Å². The van der Waals surface area contributed by atoms with Gasteiger partial charge in [-0.15, -0.1) is 0 Å². The molecule has 144 valence electrons. The number of benzene rings is 2. The summed E-state index contributed by atoms with van der Waals surface area (Å²) in [7, 11) is 0. The molecule has 2 amide bonds. The van der Waals surface area contributed by atoms with Crippen LogP contribution >= 0.6 is 11.6 Å². The van der Waals surface area contributed by atoms with Crippen molar-refractivity contribution in [3.8, 4) is 5.75 Å². The van der Waals surface area contributed by atoms with Gasteiger partial charge < -0.3 is 19.9 Å². The first-order valence-electron chi connectivity index (χ1n) is 9.26. The molecule has 2 aromatic rings. The summed E-state index contributed by atoms with van der Waals surface area (Å²) in [5.41, 5.74) is 3.42. The molecule has 5 nitrogen and oxygen atoms in total. The molecule has 1 heterocycles. The zero-order valence-corrected chi connectivity index (χ0v) is 16.6. The third kappa shape index (κ3) is 5.30. The number of piperazine rings is 1. The van der Waals surface area contributed by atoms with E-state index in [2.05, 4.69) is 23.2 Å². The molecule has 1 fully saturated rings. The molecule has 0 atom stereocenters. The van der Waals surface area contributed by atoms with Crippen LogP contribution in [0.4, 0.5) is 10.5 Å². The number of ether oxygens (including phenoxy) is 1. The number of anilines is 1. The van der Waals surface area contributed by atoms with E-state index >= 15 is 0 Å². The number of halogens is 1. The average molecular weight is 388 g/mol. The highest BCUT2D eigenvalue weighted by atomic mass is 35.5. The summed E-state index contributed by atoms with van der Waals surface area (Å²) < 4.78 is 5.76. The first-order valence-corrected chi connectivity index (χ1v) is 9.64. The van der Waals surface area contributed by atoms with Crippen LogP contribution in [-0.2, 0) is 0 Å². The van der Waals surface area contributed by atoms with Crippen molar-refractivity contribution >= 4 is 23.3 Å². The molecule has 0 radical (unpaired) electrons. The Morgan fingerprint density at radius 1 is 1.11 bits per heavy atom. The fourth-order valence-electron chi connectivity index (χ4n) is 3.23. The average Bonchev–Trinajstić information content (AvgIpc) is 2.66. The minimum absolute atomic E-state index is 0.0371. The number of hydrogen-bond donors (Lipinski definition) is 1. The van der Waals surface area contributed by atoms with Crippen LogP contribution in [0.15, 0.2) is 42.5 Å². The van der Waals surface area contributed by atoms with E-state index in [1.165, 1.54) is 5.56 Å². The Morgan fingerprint density at radius 2 is 1.89 bits per heavy atom. The Kier molecular flexibility index (Phi) is 6.45. The van der Waals surface area contributed by atoms with Gasteiger partial charge in [0.15, 0.2) is 0 Å². The molecule has 0 saturated carbocycles. The number of urea groups is 1. The van der Waals surface area contributed by atoms with Crippen molar-refractivity contribution in [1.82, 2.24) is 10.2 Å². The van der Waals surface area contributed by atoms with Gasteiger partial charge in [0.2, 0.25) is 0 Å². The maximum absolute atomic E-state index is 12.3. The lowest BCUT2D eigenvalue weighted by Crippen LogP contribution is -2.52. The van der Waals surface area contributed by atoms with Crippen molar-refractivity contribution in [2.45, 2.75) is 13.8 Å². The molecule has 1 N–H and O–H groups in total. The molecule has 1 aliphatic rings. The molecule has 0 aromatic heterocycles. The van der Waals surface area contributed by atoms with Gasteiger partial charge >= 0.3 is 6.03 Å². The molecule has 1 aliphatic heterocycles. The molecule has 0 bridgehead atoms. The number of carbonyl (C=O) groups excluding carboxylic acids is 1. The standard InChI is InChI=1S/C21H26ClN3O2/c1-16-6-7-20(17(2)14-16)27-13-8-23-21(26)25-11-9-24(10-12-25)19-5-3-4-18(22)15-19/h3-7,14-15H,8-13H2,1-2H3,(H,23,26). The second-order valence-electron chi connectivity index (χ2n) is 6.80. The lowest BCUT2D eigenvalue weighted by Gasteiger charge is -2.36. The highest BCUT2D eigenvalue weighted by Crippen LogP contribution is 2.21. The lowest BCUT2D eigenvalue weighted by atomic mass is 10.1. The fraction of sp³-hybridized carbons (Fsp3) is 0.381. The second-order valence-corrected chi connectivity index (χ2v) is 7.24. The summed E-state index contributed by atoms with van der Waals surface area (Å²) >= 11 is 6.06. The summed E-state index contributed by atoms with van der Waals surface area (Å²) in [4.78, 5) is 16.4. The van der Waals surface area contributed by atoms with E-state index in [0.717, 1.165) is 35.1 Å². The van der Waals surface area contributed by atoms with Crippen LogP contribution in [0.25, 0.3) is 0 Å². The third-order valence-corrected chi connectivity index (χ3v) is 4.94. The number of aryl methyl sites for hydroxylation is 2. The SMILES string of the molecule is Cc1ccc(OCCNC(=O)N2CCN(c3cccc(Cl)c3)CC2)c(C)c1. The Morgan fingerprint density at radius 3 is 2.59 bits per heavy atom. The predicted octanol–water partition coefficient (Wildman–Crippen LogP) is 3.87. The van der Waals surface area contributed by atoms with Crippen molar-refractivity contribution in [3.63, 3.8) is 0 Å². The van der Waals surface area contributed by atoms with E-state index in [1.807, 2.05) is 48.2 Å². The van der Waals surface area contributed by atoms with Gasteiger partial charge in [-0.05, 0) is 43.7 Å². The molecule has 0 spiro atoms. The van der Waals surface area contributed by atoms with Gasteiger partial charge in [0.05, 0.1) is 6.54 Å². The minimum atomic E-state index is -0.0371. The summed E-state index contributed by atoms with van der Waals surface area (Å²) in [6.07, 6.45) is 0. The monoisotopic (exact) mass is 387 g/mol. The van der Waals surface area contributed by atoms with Crippen LogP contribution in [0.5, 0.6) is 5.75 Å². The van der Waals surface area contributed by atoms with Crippen molar-refractivity contribution in [3.05, 3.63) is 58.6 Å². The third-order valence-electron chi connectivity index (χ3n) is 4.71. The van der Waals surface area contributed by atoms with Gasteiger partial charge in [-0.25, -0.2) is 4.79 Å². The maximum Gasteiger partial charge on any atom is 0.317 e. The number of nitrogens with zero attached hydrogens (tertiary/aromatic N) is 2. The van der Waals surface area contributed by atoms with Crippen molar-refractivity contribution in [2.24, 2.45) is 0 Å². The smallest absolute Gasteiger partial charge is 0.317 e. The van der Waals surface area contributed by atoms with E-state index in [-0.39, 0.29) is 6.03 Å². The molecule has 0 aliphatic carbocycles. The Hall–Kier alpha value is -2.40. The van der Waals surface area contributed by atoms with Crippen molar-refractivity contribution < 1.29 is 9.53 Å². The molecule has 1 saturated heterocycles. The van der Waals surface area contributed by atoms with Crippen LogP contribution in [0.2, 0.25) is 5.02 Å². The fourth-order valence-corrected chi connectivity index (χ4v) is 3.42. The Balaban J connectivity index is 1.39. The second kappa shape index (κ2) is 9.00. The topological polar surface area (TPSA) is 44.8 Å². The van der Waals surface area contributed by atoms with Gasteiger partial charge in [0.25, 0.3) is 0 Å². The summed E-state index contributed by atoms with van der Waals surface area (Å²) in [5.74, 6) is 0.866. The van der Waals surface area contributed by atoms with E-state index < -0.39 is 0 Å². The normalized spacial score (nSPS) is 14.2. The lowest BCUT2D eigenvalue weighted by molar-refractivity contribution is 0.191. The summed E-state index contributed by atoms with van der Waals surface area (Å²) in [6, 6.07) is 13.9. The zero-order valence-electron chi connectivity index (χ0n) is 15.9. The predicted molar refractivity (Wildman–Crippen MR) is 110 cm³/mol. The molecular weight excluding hydrogens is 362 g/mol. The molecular formula is C21H26ClN3O2. The first-order chi connectivity index (χ1) is 13.0. The van der Waals surface area contributed by atoms with Gasteiger partial charge in [0.1, 0.15) is 12.4 Å². The highest BCUT2D eigenvalue weighted by Gasteiger charge is 2.21. The highest BCUT2D eigenvalue weighted by molar-refractivity contribution is 6.30. The maximum atomic E-state index is 12.3. The molecule has 0 unspecified atom stereocenters. The first kappa shape index (κ1) is 19.4.